The molecule has 0 aromatic heterocycles. The van der Waals surface area contributed by atoms with E-state index in [4.69, 9.17) is 4.74 Å². The Morgan fingerprint density at radius 3 is 2.23 bits per heavy atom. The van der Waals surface area contributed by atoms with E-state index in [0.717, 1.165) is 30.4 Å². The van der Waals surface area contributed by atoms with Gasteiger partial charge in [-0.25, -0.2) is 13.2 Å². The molecule has 0 atom stereocenters. The summed E-state index contributed by atoms with van der Waals surface area (Å²) >= 11 is 0. The van der Waals surface area contributed by atoms with E-state index >= 15 is 0 Å². The molecule has 1 fully saturated rings. The number of piperidine rings is 1. The highest BCUT2D eigenvalue weighted by atomic mass is 32.2. The van der Waals surface area contributed by atoms with Crippen LogP contribution >= 0.6 is 0 Å². The zero-order valence-electron chi connectivity index (χ0n) is 17.6. The van der Waals surface area contributed by atoms with Crippen LogP contribution in [0, 0.1) is 20.8 Å². The van der Waals surface area contributed by atoms with Crippen molar-refractivity contribution < 1.29 is 22.7 Å². The minimum atomic E-state index is -3.66. The first kappa shape index (κ1) is 22.2. The van der Waals surface area contributed by atoms with E-state index in [2.05, 4.69) is 0 Å². The number of hydrogen-bond donors (Lipinski definition) is 0. The molecule has 1 heterocycles. The van der Waals surface area contributed by atoms with E-state index in [1.807, 2.05) is 26.0 Å². The summed E-state index contributed by atoms with van der Waals surface area (Å²) in [5.41, 5.74) is 3.02. The van der Waals surface area contributed by atoms with Gasteiger partial charge >= 0.3 is 5.97 Å². The van der Waals surface area contributed by atoms with Gasteiger partial charge in [0.15, 0.2) is 6.61 Å². The number of carbonyl (C=O) groups excluding carboxylic acids is 2. The lowest BCUT2D eigenvalue weighted by atomic mass is 10.0. The van der Waals surface area contributed by atoms with E-state index in [9.17, 15) is 18.0 Å². The maximum Gasteiger partial charge on any atom is 0.338 e. The van der Waals surface area contributed by atoms with Crippen molar-refractivity contribution in [3.05, 3.63) is 64.2 Å². The maximum atomic E-state index is 12.9. The number of esters is 1. The van der Waals surface area contributed by atoms with E-state index < -0.39 is 22.6 Å². The number of sulfonamides is 1. The molecule has 2 aromatic carbocycles. The molecule has 0 bridgehead atoms. The lowest BCUT2D eigenvalue weighted by Crippen LogP contribution is -2.35. The van der Waals surface area contributed by atoms with Crippen molar-refractivity contribution in [3.63, 3.8) is 0 Å². The standard InChI is InChI=1S/C23H27NO5S/c1-16-7-8-17(2)20(13-16)22(25)15-29-23(26)21-14-19(10-9-18(21)3)30(27,28)24-11-5-4-6-12-24/h7-10,13-14H,4-6,11-12,15H2,1-3H3. The van der Waals surface area contributed by atoms with E-state index in [0.29, 0.717) is 24.2 Å². The zero-order chi connectivity index (χ0) is 21.9. The lowest BCUT2D eigenvalue weighted by molar-refractivity contribution is 0.0473. The fourth-order valence-electron chi connectivity index (χ4n) is 3.56. The van der Waals surface area contributed by atoms with Crippen LogP contribution in [-0.2, 0) is 14.8 Å². The van der Waals surface area contributed by atoms with Crippen molar-refractivity contribution in [1.29, 1.82) is 0 Å². The van der Waals surface area contributed by atoms with Crippen LogP contribution in [0.5, 0.6) is 0 Å². The van der Waals surface area contributed by atoms with Crippen LogP contribution < -0.4 is 0 Å². The highest BCUT2D eigenvalue weighted by Crippen LogP contribution is 2.23. The number of benzene rings is 2. The van der Waals surface area contributed by atoms with Crippen LogP contribution in [0.3, 0.4) is 0 Å². The summed E-state index contributed by atoms with van der Waals surface area (Å²) in [6.07, 6.45) is 2.69. The molecule has 1 aliphatic heterocycles. The zero-order valence-corrected chi connectivity index (χ0v) is 18.4. The van der Waals surface area contributed by atoms with Gasteiger partial charge in [0.2, 0.25) is 15.8 Å². The number of ketones is 1. The Balaban J connectivity index is 1.77. The quantitative estimate of drug-likeness (QED) is 0.515. The molecular weight excluding hydrogens is 402 g/mol. The molecule has 1 aliphatic rings. The second kappa shape index (κ2) is 9.10. The van der Waals surface area contributed by atoms with Gasteiger partial charge < -0.3 is 4.74 Å². The van der Waals surface area contributed by atoms with Crippen LogP contribution in [0.15, 0.2) is 41.3 Å². The first-order valence-electron chi connectivity index (χ1n) is 10.1. The monoisotopic (exact) mass is 429 g/mol. The number of ether oxygens (including phenoxy) is 1. The van der Waals surface area contributed by atoms with E-state index in [-0.39, 0.29) is 16.2 Å². The summed E-state index contributed by atoms with van der Waals surface area (Å²) in [6, 6.07) is 9.99. The molecular formula is C23H27NO5S. The minimum absolute atomic E-state index is 0.0720. The Morgan fingerprint density at radius 2 is 1.53 bits per heavy atom. The molecule has 3 rings (SSSR count). The topological polar surface area (TPSA) is 80.8 Å². The van der Waals surface area contributed by atoms with Gasteiger partial charge in [-0.1, -0.05) is 30.2 Å². The van der Waals surface area contributed by atoms with Crippen LogP contribution in [0.2, 0.25) is 0 Å². The average Bonchev–Trinajstić information content (AvgIpc) is 2.74. The van der Waals surface area contributed by atoms with Gasteiger partial charge in [0, 0.05) is 18.7 Å². The number of aryl methyl sites for hydroxylation is 3. The van der Waals surface area contributed by atoms with Crippen LogP contribution in [0.4, 0.5) is 0 Å². The van der Waals surface area contributed by atoms with Gasteiger partial charge in [-0.15, -0.1) is 0 Å². The predicted octanol–water partition coefficient (Wildman–Crippen LogP) is 3.83. The van der Waals surface area contributed by atoms with Crippen molar-refractivity contribution in [1.82, 2.24) is 4.31 Å². The summed E-state index contributed by atoms with van der Waals surface area (Å²) in [5, 5.41) is 0. The molecule has 0 amide bonds. The van der Waals surface area contributed by atoms with Gasteiger partial charge in [-0.2, -0.15) is 4.31 Å². The molecule has 1 saturated heterocycles. The summed E-state index contributed by atoms with van der Waals surface area (Å²) in [7, 11) is -3.66. The largest absolute Gasteiger partial charge is 0.454 e. The van der Waals surface area contributed by atoms with Crippen molar-refractivity contribution in [2.75, 3.05) is 19.7 Å². The third-order valence-corrected chi connectivity index (χ3v) is 7.30. The van der Waals surface area contributed by atoms with E-state index in [1.165, 1.54) is 16.4 Å². The molecule has 30 heavy (non-hydrogen) atoms. The van der Waals surface area contributed by atoms with Gasteiger partial charge in [0.25, 0.3) is 0 Å². The number of hydrogen-bond acceptors (Lipinski definition) is 5. The molecule has 0 saturated carbocycles. The number of Topliss-reactive ketones (excluding diaryl/α,β-unsaturated/α-hetero) is 1. The number of carbonyl (C=O) groups is 2. The molecule has 7 heteroatoms. The van der Waals surface area contributed by atoms with Gasteiger partial charge in [0.05, 0.1) is 10.5 Å². The molecule has 0 radical (unpaired) electrons. The molecule has 0 aliphatic carbocycles. The van der Waals surface area contributed by atoms with Crippen molar-refractivity contribution in [3.8, 4) is 0 Å². The first-order valence-corrected chi connectivity index (χ1v) is 11.5. The first-order chi connectivity index (χ1) is 14.2. The molecule has 0 spiro atoms. The number of nitrogens with zero attached hydrogens (tertiary/aromatic N) is 1. The Kier molecular flexibility index (Phi) is 6.73. The smallest absolute Gasteiger partial charge is 0.338 e. The highest BCUT2D eigenvalue weighted by Gasteiger charge is 2.27. The SMILES string of the molecule is Cc1ccc(C)c(C(=O)COC(=O)c2cc(S(=O)(=O)N3CCCCC3)ccc2C)c1. The fourth-order valence-corrected chi connectivity index (χ4v) is 5.10. The predicted molar refractivity (Wildman–Crippen MR) is 114 cm³/mol. The molecule has 0 unspecified atom stereocenters. The third kappa shape index (κ3) is 4.79. The molecule has 2 aromatic rings. The van der Waals surface area contributed by atoms with Crippen LogP contribution in [0.1, 0.15) is 56.7 Å². The highest BCUT2D eigenvalue weighted by molar-refractivity contribution is 7.89. The van der Waals surface area contributed by atoms with Gasteiger partial charge in [-0.05, 0) is 62.9 Å². The minimum Gasteiger partial charge on any atom is -0.454 e. The summed E-state index contributed by atoms with van der Waals surface area (Å²) in [5.74, 6) is -0.999. The average molecular weight is 430 g/mol. The van der Waals surface area contributed by atoms with Crippen LogP contribution in [-0.4, -0.2) is 44.2 Å². The molecule has 6 nitrogen and oxygen atoms in total. The van der Waals surface area contributed by atoms with Gasteiger partial charge in [-0.3, -0.25) is 4.79 Å². The van der Waals surface area contributed by atoms with Crippen molar-refractivity contribution in [2.45, 2.75) is 44.9 Å². The van der Waals surface area contributed by atoms with E-state index in [1.54, 1.807) is 19.1 Å². The Hall–Kier alpha value is -2.51. The second-order valence-corrected chi connectivity index (χ2v) is 9.70. The van der Waals surface area contributed by atoms with Gasteiger partial charge in [0.1, 0.15) is 0 Å². The third-order valence-electron chi connectivity index (χ3n) is 5.41. The molecule has 160 valence electrons. The number of rotatable bonds is 6. The Labute approximate surface area is 177 Å². The summed E-state index contributed by atoms with van der Waals surface area (Å²) < 4.78 is 32.5. The van der Waals surface area contributed by atoms with Crippen molar-refractivity contribution >= 4 is 21.8 Å². The summed E-state index contributed by atoms with van der Waals surface area (Å²) in [6.45, 7) is 6.00. The Morgan fingerprint density at radius 1 is 0.900 bits per heavy atom. The van der Waals surface area contributed by atoms with Crippen molar-refractivity contribution in [2.24, 2.45) is 0 Å². The maximum absolute atomic E-state index is 12.9. The normalized spacial score (nSPS) is 15.0. The second-order valence-electron chi connectivity index (χ2n) is 7.76. The van der Waals surface area contributed by atoms with Crippen LogP contribution in [0.25, 0.3) is 0 Å². The Bertz CT molecular complexity index is 1070. The lowest BCUT2D eigenvalue weighted by Gasteiger charge is -2.26. The summed E-state index contributed by atoms with van der Waals surface area (Å²) in [4.78, 5) is 25.2. The fraction of sp³-hybridized carbons (Fsp3) is 0.391. The molecule has 0 N–H and O–H groups in total.